The standard InChI is InChI=1S/C47H77N3O2/c1-2-11-29(12-3-1)35-22-23-38(43-39-25-31-14-6-7-15-32(31)26-42(39)52-44(35)43)47-49-45(33-19-18-28-10-4-5-13-30(28)24-33)48-46(50-47)34-20-21-37-36-16-8-9-17-40(36)51-41(37)27-34/h28-50H,1-27H2. The summed E-state index contributed by atoms with van der Waals surface area (Å²) in [7, 11) is 0. The highest BCUT2D eigenvalue weighted by Crippen LogP contribution is 2.59. The second-order valence-corrected chi connectivity index (χ2v) is 21.7. The number of hydrogen-bond donors (Lipinski definition) is 3. The van der Waals surface area contributed by atoms with Crippen molar-refractivity contribution in [3.63, 3.8) is 0 Å². The van der Waals surface area contributed by atoms with E-state index in [-0.39, 0.29) is 0 Å². The number of rotatable bonds is 4. The molecule has 8 saturated carbocycles. The fourth-order valence-corrected chi connectivity index (χ4v) is 17.0. The molecular weight excluding hydrogens is 639 g/mol. The molecule has 0 aromatic carbocycles. The van der Waals surface area contributed by atoms with Crippen LogP contribution in [0.5, 0.6) is 0 Å². The third-order valence-electron chi connectivity index (χ3n) is 19.4. The zero-order valence-electron chi connectivity index (χ0n) is 33.0. The van der Waals surface area contributed by atoms with Gasteiger partial charge in [0.05, 0.1) is 42.9 Å². The predicted molar refractivity (Wildman–Crippen MR) is 208 cm³/mol. The Bertz CT molecular complexity index is 1220. The molecule has 0 bridgehead atoms. The summed E-state index contributed by atoms with van der Waals surface area (Å²) in [5.41, 5.74) is 0. The van der Waals surface area contributed by atoms with Gasteiger partial charge >= 0.3 is 0 Å². The van der Waals surface area contributed by atoms with Crippen LogP contribution in [0.1, 0.15) is 173 Å². The smallest absolute Gasteiger partial charge is 0.0645 e. The van der Waals surface area contributed by atoms with E-state index in [1.165, 1.54) is 173 Å². The second-order valence-electron chi connectivity index (χ2n) is 21.7. The summed E-state index contributed by atoms with van der Waals surface area (Å²) in [4.78, 5) is 0. The van der Waals surface area contributed by atoms with Gasteiger partial charge in [-0.3, -0.25) is 16.0 Å². The maximum atomic E-state index is 7.56. The highest BCUT2D eigenvalue weighted by Gasteiger charge is 2.59. The van der Waals surface area contributed by atoms with Crippen molar-refractivity contribution in [1.82, 2.24) is 16.0 Å². The van der Waals surface area contributed by atoms with Crippen molar-refractivity contribution in [2.45, 2.75) is 216 Å². The number of fused-ring (bicyclic) bond motifs is 8. The monoisotopic (exact) mass is 716 g/mol. The second kappa shape index (κ2) is 14.9. The summed E-state index contributed by atoms with van der Waals surface area (Å²) < 4.78 is 14.5. The van der Waals surface area contributed by atoms with Gasteiger partial charge in [0.1, 0.15) is 0 Å². The molecule has 8 aliphatic carbocycles. The molecule has 11 aliphatic rings. The molecule has 19 unspecified atom stereocenters. The Morgan fingerprint density at radius 1 is 0.288 bits per heavy atom. The first-order valence-electron chi connectivity index (χ1n) is 24.3. The van der Waals surface area contributed by atoms with E-state index in [2.05, 4.69) is 16.0 Å². The minimum atomic E-state index is 0.425. The summed E-state index contributed by atoms with van der Waals surface area (Å²) in [6, 6.07) is 0. The Labute approximate surface area is 317 Å². The minimum Gasteiger partial charge on any atom is -0.374 e. The lowest BCUT2D eigenvalue weighted by molar-refractivity contribution is -0.0759. The van der Waals surface area contributed by atoms with Gasteiger partial charge in [-0.25, -0.2) is 0 Å². The average molecular weight is 716 g/mol. The van der Waals surface area contributed by atoms with Crippen molar-refractivity contribution in [3.05, 3.63) is 0 Å². The fraction of sp³-hybridized carbons (Fsp3) is 1.00. The lowest BCUT2D eigenvalue weighted by Gasteiger charge is -2.54. The lowest BCUT2D eigenvalue weighted by Crippen LogP contribution is -2.74. The molecule has 0 spiro atoms. The van der Waals surface area contributed by atoms with Crippen molar-refractivity contribution in [1.29, 1.82) is 0 Å². The molecule has 0 radical (unpaired) electrons. The Morgan fingerprint density at radius 2 is 0.808 bits per heavy atom. The van der Waals surface area contributed by atoms with Crippen LogP contribution in [-0.4, -0.2) is 42.9 Å². The van der Waals surface area contributed by atoms with E-state index in [0.29, 0.717) is 54.7 Å². The van der Waals surface area contributed by atoms with Crippen LogP contribution >= 0.6 is 0 Å². The van der Waals surface area contributed by atoms with Gasteiger partial charge in [0.25, 0.3) is 0 Å². The van der Waals surface area contributed by atoms with Crippen LogP contribution in [0.25, 0.3) is 0 Å². The third kappa shape index (κ3) is 6.43. The van der Waals surface area contributed by atoms with Gasteiger partial charge in [0, 0.05) is 0 Å². The van der Waals surface area contributed by atoms with E-state index in [9.17, 15) is 0 Å². The largest absolute Gasteiger partial charge is 0.374 e. The van der Waals surface area contributed by atoms with Gasteiger partial charge in [-0.1, -0.05) is 96.3 Å². The zero-order chi connectivity index (χ0) is 34.2. The van der Waals surface area contributed by atoms with Gasteiger partial charge in [-0.2, -0.15) is 0 Å². The molecule has 0 aromatic rings. The molecule has 5 nitrogen and oxygen atoms in total. The summed E-state index contributed by atoms with van der Waals surface area (Å²) in [5, 5.41) is 13.4. The first-order chi connectivity index (χ1) is 25.7. The van der Waals surface area contributed by atoms with Crippen LogP contribution in [0.3, 0.4) is 0 Å². The zero-order valence-corrected chi connectivity index (χ0v) is 33.0. The van der Waals surface area contributed by atoms with Crippen molar-refractivity contribution >= 4 is 0 Å². The number of ether oxygens (including phenoxy) is 2. The molecule has 3 aliphatic heterocycles. The van der Waals surface area contributed by atoms with E-state index in [1.807, 2.05) is 0 Å². The summed E-state index contributed by atoms with van der Waals surface area (Å²) >= 11 is 0. The minimum absolute atomic E-state index is 0.425. The van der Waals surface area contributed by atoms with Crippen molar-refractivity contribution in [3.8, 4) is 0 Å². The summed E-state index contributed by atoms with van der Waals surface area (Å²) in [5.74, 6) is 11.2. The van der Waals surface area contributed by atoms with Gasteiger partial charge in [-0.15, -0.1) is 0 Å². The number of hydrogen-bond acceptors (Lipinski definition) is 5. The summed E-state index contributed by atoms with van der Waals surface area (Å²) in [6.07, 6.45) is 42.6. The number of nitrogens with one attached hydrogen (secondary N) is 3. The third-order valence-corrected chi connectivity index (χ3v) is 19.4. The van der Waals surface area contributed by atoms with Crippen LogP contribution in [-0.2, 0) is 9.47 Å². The Morgan fingerprint density at radius 3 is 1.63 bits per heavy atom. The van der Waals surface area contributed by atoms with Crippen LogP contribution in [0.2, 0.25) is 0 Å². The Kier molecular flexibility index (Phi) is 10.1. The molecule has 52 heavy (non-hydrogen) atoms. The maximum Gasteiger partial charge on any atom is 0.0645 e. The predicted octanol–water partition coefficient (Wildman–Crippen LogP) is 9.93. The van der Waals surface area contributed by atoms with Gasteiger partial charge < -0.3 is 9.47 Å². The normalized spacial score (nSPS) is 55.3. The van der Waals surface area contributed by atoms with Crippen LogP contribution in [0.15, 0.2) is 0 Å². The molecule has 5 heteroatoms. The average Bonchev–Trinajstić information content (AvgIpc) is 3.77. The van der Waals surface area contributed by atoms with E-state index in [0.717, 1.165) is 65.1 Å². The lowest BCUT2D eigenvalue weighted by atomic mass is 9.57. The SMILES string of the molecule is C1CCC(C2CCC(C3NC(C4CCC5CCCCC5C4)NC(C4CCC5C(C4)OC4CCCCC45)N3)C3C4CC5CCCCC5CC4OC23)CC1. The van der Waals surface area contributed by atoms with E-state index in [4.69, 9.17) is 9.47 Å². The Balaban J connectivity index is 0.875. The van der Waals surface area contributed by atoms with Gasteiger partial charge in [-0.05, 0) is 154 Å². The molecule has 3 heterocycles. The van der Waals surface area contributed by atoms with Crippen molar-refractivity contribution < 1.29 is 9.47 Å². The van der Waals surface area contributed by atoms with E-state index in [1.54, 1.807) is 0 Å². The Hall–Kier alpha value is -0.200. The first kappa shape index (κ1) is 35.0. The summed E-state index contributed by atoms with van der Waals surface area (Å²) in [6.45, 7) is 0. The highest BCUT2D eigenvalue weighted by atomic mass is 16.5. The van der Waals surface area contributed by atoms with Gasteiger partial charge in [0.15, 0.2) is 0 Å². The van der Waals surface area contributed by atoms with Crippen molar-refractivity contribution in [2.75, 3.05) is 0 Å². The molecule has 292 valence electrons. The quantitative estimate of drug-likeness (QED) is 0.271. The molecule has 3 saturated heterocycles. The van der Waals surface area contributed by atoms with Crippen LogP contribution in [0, 0.1) is 76.9 Å². The highest BCUT2D eigenvalue weighted by molar-refractivity contribution is 5.08. The molecule has 3 N–H and O–H groups in total. The van der Waals surface area contributed by atoms with Crippen LogP contribution < -0.4 is 16.0 Å². The molecule has 11 rings (SSSR count). The topological polar surface area (TPSA) is 54.5 Å². The van der Waals surface area contributed by atoms with Crippen molar-refractivity contribution in [2.24, 2.45) is 76.9 Å². The first-order valence-corrected chi connectivity index (χ1v) is 24.3. The fourth-order valence-electron chi connectivity index (χ4n) is 17.0. The van der Waals surface area contributed by atoms with Gasteiger partial charge in [0.2, 0.25) is 0 Å². The maximum absolute atomic E-state index is 7.56. The van der Waals surface area contributed by atoms with E-state index >= 15 is 0 Å². The molecular formula is C47H77N3O2. The van der Waals surface area contributed by atoms with E-state index < -0.39 is 0 Å². The molecule has 0 aromatic heterocycles. The molecule has 11 fully saturated rings. The molecule has 19 atom stereocenters. The molecule has 0 amide bonds. The van der Waals surface area contributed by atoms with Crippen LogP contribution in [0.4, 0.5) is 0 Å².